The average molecular weight is 346 g/mol. The van der Waals surface area contributed by atoms with Crippen LogP contribution in [-0.2, 0) is 10.0 Å². The Labute approximate surface area is 131 Å². The molecule has 2 aromatic rings. The first-order chi connectivity index (χ1) is 9.72. The van der Waals surface area contributed by atoms with Gasteiger partial charge in [0, 0.05) is 5.02 Å². The fourth-order valence-electron chi connectivity index (χ4n) is 1.71. The Morgan fingerprint density at radius 3 is 2.57 bits per heavy atom. The number of halogens is 1. The summed E-state index contributed by atoms with van der Waals surface area (Å²) in [6.07, 6.45) is 0. The van der Waals surface area contributed by atoms with E-state index in [1.54, 1.807) is 32.0 Å². The van der Waals surface area contributed by atoms with Gasteiger partial charge < -0.3 is 5.11 Å². The summed E-state index contributed by atoms with van der Waals surface area (Å²) in [5.74, 6) is -1.14. The predicted octanol–water partition coefficient (Wildman–Crippen LogP) is 3.52. The first-order valence-corrected chi connectivity index (χ1v) is 8.52. The van der Waals surface area contributed by atoms with Crippen molar-refractivity contribution in [3.8, 4) is 0 Å². The summed E-state index contributed by atoms with van der Waals surface area (Å²) in [4.78, 5) is 11.0. The maximum atomic E-state index is 12.3. The van der Waals surface area contributed by atoms with Crippen molar-refractivity contribution < 1.29 is 18.3 Å². The number of carboxylic acid groups (broad SMARTS) is 1. The zero-order valence-electron chi connectivity index (χ0n) is 11.2. The molecule has 0 aliphatic heterocycles. The summed E-state index contributed by atoms with van der Waals surface area (Å²) < 4.78 is 27.0. The van der Waals surface area contributed by atoms with Crippen LogP contribution in [0.3, 0.4) is 0 Å². The van der Waals surface area contributed by atoms with Crippen molar-refractivity contribution in [2.24, 2.45) is 0 Å². The summed E-state index contributed by atoms with van der Waals surface area (Å²) in [6.45, 7) is 3.26. The first-order valence-electron chi connectivity index (χ1n) is 5.84. The third kappa shape index (κ3) is 3.20. The van der Waals surface area contributed by atoms with Crippen molar-refractivity contribution in [2.45, 2.75) is 18.1 Å². The van der Waals surface area contributed by atoms with Crippen molar-refractivity contribution in [3.05, 3.63) is 45.3 Å². The molecular formula is C13H12ClNO4S2. The normalized spacial score (nSPS) is 11.4. The molecule has 0 radical (unpaired) electrons. The summed E-state index contributed by atoms with van der Waals surface area (Å²) in [5, 5.41) is 9.44. The lowest BCUT2D eigenvalue weighted by molar-refractivity contribution is 0.0701. The molecule has 112 valence electrons. The lowest BCUT2D eigenvalue weighted by atomic mass is 10.2. The highest BCUT2D eigenvalue weighted by Gasteiger charge is 2.22. The molecule has 5 nitrogen and oxygen atoms in total. The van der Waals surface area contributed by atoms with E-state index in [9.17, 15) is 13.2 Å². The molecule has 8 heteroatoms. The quantitative estimate of drug-likeness (QED) is 0.888. The highest BCUT2D eigenvalue weighted by Crippen LogP contribution is 2.30. The number of rotatable bonds is 4. The van der Waals surface area contributed by atoms with E-state index in [2.05, 4.69) is 4.72 Å². The Morgan fingerprint density at radius 2 is 2.00 bits per heavy atom. The van der Waals surface area contributed by atoms with E-state index in [0.29, 0.717) is 21.8 Å². The minimum absolute atomic E-state index is 0.0122. The van der Waals surface area contributed by atoms with Crippen molar-refractivity contribution in [2.75, 3.05) is 4.72 Å². The van der Waals surface area contributed by atoms with Gasteiger partial charge in [0.25, 0.3) is 10.0 Å². The zero-order chi connectivity index (χ0) is 15.8. The third-order valence-electron chi connectivity index (χ3n) is 2.87. The Bertz CT molecular complexity index is 812. The van der Waals surface area contributed by atoms with Crippen molar-refractivity contribution >= 4 is 44.6 Å². The van der Waals surface area contributed by atoms with E-state index in [-0.39, 0.29) is 9.09 Å². The van der Waals surface area contributed by atoms with Gasteiger partial charge in [0.1, 0.15) is 9.09 Å². The molecule has 0 bridgehead atoms. The molecule has 0 atom stereocenters. The van der Waals surface area contributed by atoms with Gasteiger partial charge in [0.2, 0.25) is 0 Å². The van der Waals surface area contributed by atoms with E-state index in [4.69, 9.17) is 16.7 Å². The lowest BCUT2D eigenvalue weighted by Gasteiger charge is -2.10. The van der Waals surface area contributed by atoms with E-state index in [0.717, 1.165) is 11.3 Å². The molecule has 0 spiro atoms. The van der Waals surface area contributed by atoms with Crippen molar-refractivity contribution in [3.63, 3.8) is 0 Å². The minimum atomic E-state index is -3.84. The van der Waals surface area contributed by atoms with Crippen LogP contribution in [0.1, 0.15) is 20.8 Å². The SMILES string of the molecule is Cc1cc(S(=O)(=O)Nc2cccc(Cl)c2C)sc1C(=O)O. The van der Waals surface area contributed by atoms with Crippen LogP contribution in [0.25, 0.3) is 0 Å². The number of aromatic carboxylic acids is 1. The maximum Gasteiger partial charge on any atom is 0.346 e. The molecular weight excluding hydrogens is 334 g/mol. The van der Waals surface area contributed by atoms with E-state index >= 15 is 0 Å². The molecule has 21 heavy (non-hydrogen) atoms. The number of benzene rings is 1. The van der Waals surface area contributed by atoms with Gasteiger partial charge >= 0.3 is 5.97 Å². The second-order valence-corrected chi connectivity index (χ2v) is 7.77. The summed E-state index contributed by atoms with van der Waals surface area (Å²) >= 11 is 6.67. The van der Waals surface area contributed by atoms with E-state index < -0.39 is 16.0 Å². The highest BCUT2D eigenvalue weighted by atomic mass is 35.5. The minimum Gasteiger partial charge on any atom is -0.477 e. The molecule has 0 saturated carbocycles. The number of carboxylic acids is 1. The molecule has 0 saturated heterocycles. The van der Waals surface area contributed by atoms with Crippen molar-refractivity contribution in [1.29, 1.82) is 0 Å². The Balaban J connectivity index is 2.41. The Morgan fingerprint density at radius 1 is 1.33 bits per heavy atom. The number of hydrogen-bond acceptors (Lipinski definition) is 4. The Hall–Kier alpha value is -1.57. The molecule has 1 aromatic carbocycles. The summed E-state index contributed by atoms with van der Waals surface area (Å²) in [5.41, 5.74) is 1.38. The first kappa shape index (κ1) is 15.8. The average Bonchev–Trinajstić information content (AvgIpc) is 2.78. The van der Waals surface area contributed by atoms with E-state index in [1.165, 1.54) is 6.07 Å². The van der Waals surface area contributed by atoms with Gasteiger partial charge in [-0.3, -0.25) is 4.72 Å². The molecule has 0 aliphatic carbocycles. The largest absolute Gasteiger partial charge is 0.477 e. The number of anilines is 1. The number of thiophene rings is 1. The van der Waals surface area contributed by atoms with Gasteiger partial charge in [-0.05, 0) is 43.2 Å². The van der Waals surface area contributed by atoms with Gasteiger partial charge in [0.15, 0.2) is 0 Å². The molecule has 0 aliphatic rings. The number of hydrogen-bond donors (Lipinski definition) is 2. The number of carbonyl (C=O) groups is 1. The second kappa shape index (κ2) is 5.67. The van der Waals surface area contributed by atoms with Crippen LogP contribution >= 0.6 is 22.9 Å². The fourth-order valence-corrected chi connectivity index (χ4v) is 4.39. The standard InChI is InChI=1S/C13H12ClNO4S2/c1-7-6-11(20-12(7)13(16)17)21(18,19)15-10-5-3-4-9(14)8(10)2/h3-6,15H,1-2H3,(H,16,17). The molecule has 2 rings (SSSR count). The highest BCUT2D eigenvalue weighted by molar-refractivity contribution is 7.94. The van der Waals surface area contributed by atoms with Gasteiger partial charge in [-0.2, -0.15) is 0 Å². The number of sulfonamides is 1. The smallest absolute Gasteiger partial charge is 0.346 e. The maximum absolute atomic E-state index is 12.3. The van der Waals surface area contributed by atoms with Crippen LogP contribution in [0.2, 0.25) is 5.02 Å². The summed E-state index contributed by atoms with van der Waals surface area (Å²) in [6, 6.07) is 6.23. The van der Waals surface area contributed by atoms with Crippen LogP contribution in [0.5, 0.6) is 0 Å². The topological polar surface area (TPSA) is 83.5 Å². The molecule has 0 unspecified atom stereocenters. The molecule has 1 aromatic heterocycles. The van der Waals surface area contributed by atoms with Crippen LogP contribution in [0, 0.1) is 13.8 Å². The molecule has 1 heterocycles. The summed E-state index contributed by atoms with van der Waals surface area (Å²) in [7, 11) is -3.84. The van der Waals surface area contributed by atoms with Crippen LogP contribution < -0.4 is 4.72 Å². The zero-order valence-corrected chi connectivity index (χ0v) is 13.6. The number of nitrogens with one attached hydrogen (secondary N) is 1. The lowest BCUT2D eigenvalue weighted by Crippen LogP contribution is -2.12. The molecule has 0 fully saturated rings. The van der Waals surface area contributed by atoms with Crippen LogP contribution in [0.4, 0.5) is 5.69 Å². The predicted molar refractivity (Wildman–Crippen MR) is 83.0 cm³/mol. The van der Waals surface area contributed by atoms with Gasteiger partial charge in [-0.15, -0.1) is 11.3 Å². The molecule has 0 amide bonds. The third-order valence-corrected chi connectivity index (χ3v) is 6.34. The fraction of sp³-hybridized carbons (Fsp3) is 0.154. The van der Waals surface area contributed by atoms with E-state index in [1.807, 2.05) is 0 Å². The van der Waals surface area contributed by atoms with Gasteiger partial charge in [0.05, 0.1) is 5.69 Å². The van der Waals surface area contributed by atoms with Crippen molar-refractivity contribution in [1.82, 2.24) is 0 Å². The Kier molecular flexibility index (Phi) is 4.27. The monoisotopic (exact) mass is 345 g/mol. The van der Waals surface area contributed by atoms with Gasteiger partial charge in [-0.1, -0.05) is 17.7 Å². The number of aryl methyl sites for hydroxylation is 1. The van der Waals surface area contributed by atoms with Crippen LogP contribution in [-0.4, -0.2) is 19.5 Å². The molecule has 2 N–H and O–H groups in total. The van der Waals surface area contributed by atoms with Crippen LogP contribution in [0.15, 0.2) is 28.5 Å². The second-order valence-electron chi connectivity index (χ2n) is 4.40. The van der Waals surface area contributed by atoms with Gasteiger partial charge in [-0.25, -0.2) is 13.2 Å².